The van der Waals surface area contributed by atoms with Gasteiger partial charge in [0.05, 0.1) is 12.8 Å². The lowest BCUT2D eigenvalue weighted by atomic mass is 10.1. The normalized spacial score (nSPS) is 11.4. The van der Waals surface area contributed by atoms with E-state index in [4.69, 9.17) is 0 Å². The summed E-state index contributed by atoms with van der Waals surface area (Å²) in [7, 11) is -3.72. The number of anilines is 1. The number of rotatable bonds is 7. The van der Waals surface area contributed by atoms with E-state index in [9.17, 15) is 22.4 Å². The number of carbonyl (C=O) groups is 2. The zero-order valence-corrected chi connectivity index (χ0v) is 15.2. The molecule has 2 aromatic carbocycles. The van der Waals surface area contributed by atoms with E-state index in [-0.39, 0.29) is 17.9 Å². The Morgan fingerprint density at radius 2 is 1.69 bits per heavy atom. The second kappa shape index (κ2) is 8.20. The molecule has 0 aromatic heterocycles. The standard InChI is InChI=1S/C18H19FN2O4S/c1-13(22)14-7-9-16(10-8-14)20-18(23)12-21(26(2,24)25)11-15-5-3-4-6-17(15)19/h3-10H,11-12H2,1-2H3,(H,20,23). The topological polar surface area (TPSA) is 83.6 Å². The number of Topliss-reactive ketones (excluding diaryl/α,β-unsaturated/α-hetero) is 1. The number of amides is 1. The molecule has 0 fully saturated rings. The van der Waals surface area contributed by atoms with Crippen LogP contribution in [0.4, 0.5) is 10.1 Å². The van der Waals surface area contributed by atoms with Gasteiger partial charge in [-0.25, -0.2) is 12.8 Å². The molecule has 0 atom stereocenters. The molecule has 1 amide bonds. The maximum absolute atomic E-state index is 13.8. The molecule has 138 valence electrons. The number of hydrogen-bond acceptors (Lipinski definition) is 4. The first-order chi connectivity index (χ1) is 12.2. The molecule has 0 aliphatic heterocycles. The Hall–Kier alpha value is -2.58. The third kappa shape index (κ3) is 5.47. The number of hydrogen-bond donors (Lipinski definition) is 1. The molecular weight excluding hydrogens is 359 g/mol. The zero-order chi connectivity index (χ0) is 19.3. The molecule has 0 spiro atoms. The van der Waals surface area contributed by atoms with Crippen molar-refractivity contribution in [3.63, 3.8) is 0 Å². The average Bonchev–Trinajstić information content (AvgIpc) is 2.55. The summed E-state index contributed by atoms with van der Waals surface area (Å²) >= 11 is 0. The van der Waals surface area contributed by atoms with Crippen LogP contribution >= 0.6 is 0 Å². The maximum atomic E-state index is 13.8. The second-order valence-corrected chi connectivity index (χ2v) is 7.79. The molecule has 0 bridgehead atoms. The van der Waals surface area contributed by atoms with Gasteiger partial charge in [0.2, 0.25) is 15.9 Å². The van der Waals surface area contributed by atoms with Crippen LogP contribution in [0.1, 0.15) is 22.8 Å². The summed E-state index contributed by atoms with van der Waals surface area (Å²) < 4.78 is 38.6. The molecule has 0 unspecified atom stereocenters. The molecule has 0 aliphatic carbocycles. The minimum Gasteiger partial charge on any atom is -0.325 e. The highest BCUT2D eigenvalue weighted by molar-refractivity contribution is 7.88. The quantitative estimate of drug-likeness (QED) is 0.750. The summed E-state index contributed by atoms with van der Waals surface area (Å²) in [5, 5.41) is 2.56. The van der Waals surface area contributed by atoms with Crippen molar-refractivity contribution in [2.75, 3.05) is 18.1 Å². The number of halogens is 1. The molecule has 0 saturated heterocycles. The van der Waals surface area contributed by atoms with E-state index in [1.54, 1.807) is 30.3 Å². The predicted octanol–water partition coefficient (Wildman–Crippen LogP) is 2.43. The number of carbonyl (C=O) groups excluding carboxylic acids is 2. The number of nitrogens with zero attached hydrogens (tertiary/aromatic N) is 1. The minimum atomic E-state index is -3.72. The molecule has 8 heteroatoms. The van der Waals surface area contributed by atoms with Crippen LogP contribution in [0.3, 0.4) is 0 Å². The first kappa shape index (κ1) is 19.7. The summed E-state index contributed by atoms with van der Waals surface area (Å²) in [6, 6.07) is 12.0. The SMILES string of the molecule is CC(=O)c1ccc(NC(=O)CN(Cc2ccccc2F)S(C)(=O)=O)cc1. The molecule has 2 rings (SSSR count). The van der Waals surface area contributed by atoms with Crippen LogP contribution in [0.5, 0.6) is 0 Å². The van der Waals surface area contributed by atoms with E-state index >= 15 is 0 Å². The van der Waals surface area contributed by atoms with E-state index < -0.39 is 28.3 Å². The number of ketones is 1. The fourth-order valence-electron chi connectivity index (χ4n) is 2.26. The zero-order valence-electron chi connectivity index (χ0n) is 14.4. The summed E-state index contributed by atoms with van der Waals surface area (Å²) in [5.74, 6) is -1.21. The Morgan fingerprint density at radius 1 is 1.08 bits per heavy atom. The second-order valence-electron chi connectivity index (χ2n) is 5.80. The Morgan fingerprint density at radius 3 is 2.23 bits per heavy atom. The van der Waals surface area contributed by atoms with Gasteiger partial charge >= 0.3 is 0 Å². The largest absolute Gasteiger partial charge is 0.325 e. The van der Waals surface area contributed by atoms with Gasteiger partial charge in [-0.1, -0.05) is 18.2 Å². The maximum Gasteiger partial charge on any atom is 0.239 e. The lowest BCUT2D eigenvalue weighted by molar-refractivity contribution is -0.116. The molecule has 0 saturated carbocycles. The van der Waals surface area contributed by atoms with Gasteiger partial charge in [-0.15, -0.1) is 0 Å². The van der Waals surface area contributed by atoms with Crippen LogP contribution in [0.15, 0.2) is 48.5 Å². The van der Waals surface area contributed by atoms with Gasteiger partial charge in [-0.2, -0.15) is 4.31 Å². The van der Waals surface area contributed by atoms with Crippen LogP contribution in [-0.4, -0.2) is 37.2 Å². The third-order valence-electron chi connectivity index (χ3n) is 3.67. The Labute approximate surface area is 151 Å². The van der Waals surface area contributed by atoms with Gasteiger partial charge in [0, 0.05) is 23.4 Å². The van der Waals surface area contributed by atoms with Crippen molar-refractivity contribution in [2.45, 2.75) is 13.5 Å². The van der Waals surface area contributed by atoms with Crippen molar-refractivity contribution in [3.8, 4) is 0 Å². The third-order valence-corrected chi connectivity index (χ3v) is 4.86. The van der Waals surface area contributed by atoms with Gasteiger partial charge in [-0.05, 0) is 37.3 Å². The van der Waals surface area contributed by atoms with Crippen LogP contribution < -0.4 is 5.32 Å². The molecule has 0 aliphatic rings. The smallest absolute Gasteiger partial charge is 0.239 e. The Kier molecular flexibility index (Phi) is 6.23. The molecule has 2 aromatic rings. The summed E-state index contributed by atoms with van der Waals surface area (Å²) in [4.78, 5) is 23.4. The Bertz CT molecular complexity index is 911. The molecule has 1 N–H and O–H groups in total. The highest BCUT2D eigenvalue weighted by Crippen LogP contribution is 2.14. The van der Waals surface area contributed by atoms with Crippen LogP contribution in [-0.2, 0) is 21.4 Å². The molecule has 0 radical (unpaired) electrons. The average molecular weight is 378 g/mol. The molecule has 0 heterocycles. The fraction of sp³-hybridized carbons (Fsp3) is 0.222. The van der Waals surface area contributed by atoms with Crippen molar-refractivity contribution in [1.82, 2.24) is 4.31 Å². The van der Waals surface area contributed by atoms with E-state index in [1.807, 2.05) is 0 Å². The lowest BCUT2D eigenvalue weighted by Gasteiger charge is -2.20. The molecule has 26 heavy (non-hydrogen) atoms. The van der Waals surface area contributed by atoms with E-state index in [1.165, 1.54) is 25.1 Å². The first-order valence-electron chi connectivity index (χ1n) is 7.76. The molecule has 6 nitrogen and oxygen atoms in total. The first-order valence-corrected chi connectivity index (χ1v) is 9.61. The number of nitrogens with one attached hydrogen (secondary N) is 1. The summed E-state index contributed by atoms with van der Waals surface area (Å²) in [5.41, 5.74) is 1.11. The number of benzene rings is 2. The van der Waals surface area contributed by atoms with Crippen molar-refractivity contribution >= 4 is 27.4 Å². The van der Waals surface area contributed by atoms with Crippen molar-refractivity contribution in [2.24, 2.45) is 0 Å². The predicted molar refractivity (Wildman–Crippen MR) is 96.7 cm³/mol. The van der Waals surface area contributed by atoms with Crippen molar-refractivity contribution < 1.29 is 22.4 Å². The minimum absolute atomic E-state index is 0.101. The van der Waals surface area contributed by atoms with Gasteiger partial charge < -0.3 is 5.32 Å². The van der Waals surface area contributed by atoms with Gasteiger partial charge in [0.15, 0.2) is 5.78 Å². The molecular formula is C18H19FN2O4S. The lowest BCUT2D eigenvalue weighted by Crippen LogP contribution is -2.37. The fourth-order valence-corrected chi connectivity index (χ4v) is 2.98. The monoisotopic (exact) mass is 378 g/mol. The highest BCUT2D eigenvalue weighted by Gasteiger charge is 2.21. The Balaban J connectivity index is 2.09. The van der Waals surface area contributed by atoms with Gasteiger partial charge in [0.1, 0.15) is 5.82 Å². The van der Waals surface area contributed by atoms with Crippen molar-refractivity contribution in [1.29, 1.82) is 0 Å². The van der Waals surface area contributed by atoms with Crippen molar-refractivity contribution in [3.05, 3.63) is 65.5 Å². The van der Waals surface area contributed by atoms with Gasteiger partial charge in [0.25, 0.3) is 0 Å². The van der Waals surface area contributed by atoms with E-state index in [0.717, 1.165) is 10.6 Å². The van der Waals surface area contributed by atoms with E-state index in [0.29, 0.717) is 11.3 Å². The summed E-state index contributed by atoms with van der Waals surface area (Å²) in [6.07, 6.45) is 0.961. The van der Waals surface area contributed by atoms with E-state index in [2.05, 4.69) is 5.32 Å². The van der Waals surface area contributed by atoms with Gasteiger partial charge in [-0.3, -0.25) is 9.59 Å². The highest BCUT2D eigenvalue weighted by atomic mass is 32.2. The summed E-state index contributed by atoms with van der Waals surface area (Å²) in [6.45, 7) is 0.726. The number of sulfonamides is 1. The van der Waals surface area contributed by atoms with Crippen LogP contribution in [0.2, 0.25) is 0 Å². The van der Waals surface area contributed by atoms with Crippen LogP contribution in [0, 0.1) is 5.82 Å². The van der Waals surface area contributed by atoms with Crippen LogP contribution in [0.25, 0.3) is 0 Å².